The van der Waals surface area contributed by atoms with Crippen molar-refractivity contribution >= 4 is 11.8 Å². The molecule has 1 unspecified atom stereocenters. The summed E-state index contributed by atoms with van der Waals surface area (Å²) in [7, 11) is 0. The Bertz CT molecular complexity index is 379. The molecule has 0 aromatic carbocycles. The fourth-order valence-electron chi connectivity index (χ4n) is 2.71. The van der Waals surface area contributed by atoms with E-state index in [2.05, 4.69) is 6.08 Å². The van der Waals surface area contributed by atoms with E-state index < -0.39 is 5.97 Å². The van der Waals surface area contributed by atoms with E-state index in [1.54, 1.807) is 6.08 Å². The van der Waals surface area contributed by atoms with Gasteiger partial charge in [-0.05, 0) is 42.7 Å². The number of hydrogen-bond donors (Lipinski definition) is 1. The van der Waals surface area contributed by atoms with Gasteiger partial charge < -0.3 is 5.11 Å². The lowest BCUT2D eigenvalue weighted by atomic mass is 9.64. The normalized spacial score (nSPS) is 28.5. The summed E-state index contributed by atoms with van der Waals surface area (Å²) in [6.45, 7) is 0. The summed E-state index contributed by atoms with van der Waals surface area (Å²) in [6, 6.07) is 0. The molecule has 2 rings (SSSR count). The predicted molar refractivity (Wildman–Crippen MR) is 60.0 cm³/mol. The second-order valence-corrected chi connectivity index (χ2v) is 4.68. The van der Waals surface area contributed by atoms with Gasteiger partial charge in [-0.1, -0.05) is 12.2 Å². The maximum Gasteiger partial charge on any atom is 0.303 e. The van der Waals surface area contributed by atoms with E-state index in [-0.39, 0.29) is 17.6 Å². The summed E-state index contributed by atoms with van der Waals surface area (Å²) >= 11 is 0. The summed E-state index contributed by atoms with van der Waals surface area (Å²) < 4.78 is 0. The van der Waals surface area contributed by atoms with Crippen LogP contribution < -0.4 is 0 Å². The van der Waals surface area contributed by atoms with E-state index in [0.717, 1.165) is 24.8 Å². The van der Waals surface area contributed by atoms with Crippen LogP contribution >= 0.6 is 0 Å². The van der Waals surface area contributed by atoms with Crippen LogP contribution in [0.2, 0.25) is 0 Å². The Morgan fingerprint density at radius 2 is 2.25 bits per heavy atom. The number of rotatable bonds is 3. The summed E-state index contributed by atoms with van der Waals surface area (Å²) in [5.41, 5.74) is 1.01. The number of carboxylic acid groups (broad SMARTS) is 1. The molecule has 0 spiro atoms. The monoisotopic (exact) mass is 220 g/mol. The van der Waals surface area contributed by atoms with Crippen LogP contribution in [-0.2, 0) is 9.59 Å². The molecule has 0 saturated carbocycles. The van der Waals surface area contributed by atoms with Crippen LogP contribution in [-0.4, -0.2) is 16.9 Å². The second kappa shape index (κ2) is 4.24. The first-order chi connectivity index (χ1) is 7.62. The molecule has 0 bridgehead atoms. The van der Waals surface area contributed by atoms with E-state index >= 15 is 0 Å². The highest BCUT2D eigenvalue weighted by Gasteiger charge is 2.37. The third-order valence-corrected chi connectivity index (χ3v) is 3.68. The van der Waals surface area contributed by atoms with Gasteiger partial charge >= 0.3 is 5.97 Å². The van der Waals surface area contributed by atoms with Gasteiger partial charge in [0.1, 0.15) is 0 Å². The van der Waals surface area contributed by atoms with E-state index in [1.807, 2.05) is 6.08 Å². The molecule has 0 aromatic heterocycles. The SMILES string of the molecule is O=C(O)CCC12CCC=CC1=CC(=O)CC2. The zero-order chi connectivity index (χ0) is 11.6. The number of fused-ring (bicyclic) bond motifs is 1. The molecule has 3 nitrogen and oxygen atoms in total. The topological polar surface area (TPSA) is 54.4 Å². The van der Waals surface area contributed by atoms with E-state index in [1.165, 1.54) is 0 Å². The van der Waals surface area contributed by atoms with Crippen molar-refractivity contribution in [1.29, 1.82) is 0 Å². The molecule has 0 radical (unpaired) electrons. The number of allylic oxidation sites excluding steroid dienone is 4. The van der Waals surface area contributed by atoms with Crippen molar-refractivity contribution in [3.8, 4) is 0 Å². The van der Waals surface area contributed by atoms with Gasteiger partial charge in [-0.2, -0.15) is 0 Å². The van der Waals surface area contributed by atoms with Crippen molar-refractivity contribution in [2.75, 3.05) is 0 Å². The summed E-state index contributed by atoms with van der Waals surface area (Å²) in [5, 5.41) is 8.78. The first kappa shape index (κ1) is 11.1. The van der Waals surface area contributed by atoms with Crippen LogP contribution in [0.25, 0.3) is 0 Å². The fourth-order valence-corrected chi connectivity index (χ4v) is 2.71. The molecule has 0 saturated heterocycles. The Labute approximate surface area is 94.8 Å². The van der Waals surface area contributed by atoms with Crippen LogP contribution in [0.1, 0.15) is 38.5 Å². The second-order valence-electron chi connectivity index (χ2n) is 4.68. The number of hydrogen-bond acceptors (Lipinski definition) is 2. The molecule has 2 aliphatic rings. The lowest BCUT2D eigenvalue weighted by Crippen LogP contribution is -2.30. The smallest absolute Gasteiger partial charge is 0.303 e. The Hall–Kier alpha value is -1.38. The minimum atomic E-state index is -0.750. The van der Waals surface area contributed by atoms with Crippen LogP contribution in [0.3, 0.4) is 0 Å². The third-order valence-electron chi connectivity index (χ3n) is 3.68. The van der Waals surface area contributed by atoms with Crippen molar-refractivity contribution < 1.29 is 14.7 Å². The summed E-state index contributed by atoms with van der Waals surface area (Å²) in [6.07, 6.45) is 9.99. The van der Waals surface area contributed by atoms with Gasteiger partial charge in [-0.15, -0.1) is 0 Å². The molecule has 2 aliphatic carbocycles. The standard InChI is InChI=1S/C13H16O3/c14-11-4-7-13(8-5-12(15)16)6-2-1-3-10(13)9-11/h1,3,9H,2,4-8H2,(H,15,16). The van der Waals surface area contributed by atoms with Gasteiger partial charge in [0.05, 0.1) is 0 Å². The molecule has 16 heavy (non-hydrogen) atoms. The van der Waals surface area contributed by atoms with Crippen molar-refractivity contribution in [2.24, 2.45) is 5.41 Å². The first-order valence-corrected chi connectivity index (χ1v) is 5.76. The number of carbonyl (C=O) groups is 2. The maximum absolute atomic E-state index is 11.4. The summed E-state index contributed by atoms with van der Waals surface area (Å²) in [4.78, 5) is 22.0. The highest BCUT2D eigenvalue weighted by Crippen LogP contribution is 2.47. The van der Waals surface area contributed by atoms with Gasteiger partial charge in [-0.3, -0.25) is 9.59 Å². The van der Waals surface area contributed by atoms with E-state index in [0.29, 0.717) is 12.8 Å². The Balaban J connectivity index is 2.22. The predicted octanol–water partition coefficient (Wildman–Crippen LogP) is 2.48. The Morgan fingerprint density at radius 3 is 3.00 bits per heavy atom. The number of ketones is 1. The molecule has 86 valence electrons. The quantitative estimate of drug-likeness (QED) is 0.795. The number of carbonyl (C=O) groups excluding carboxylic acids is 1. The lowest BCUT2D eigenvalue weighted by molar-refractivity contribution is -0.137. The minimum Gasteiger partial charge on any atom is -0.481 e. The average molecular weight is 220 g/mol. The van der Waals surface area contributed by atoms with Crippen molar-refractivity contribution in [2.45, 2.75) is 38.5 Å². The van der Waals surface area contributed by atoms with Gasteiger partial charge in [0.25, 0.3) is 0 Å². The Kier molecular flexibility index (Phi) is 2.95. The zero-order valence-electron chi connectivity index (χ0n) is 9.24. The van der Waals surface area contributed by atoms with Crippen molar-refractivity contribution in [3.63, 3.8) is 0 Å². The highest BCUT2D eigenvalue weighted by atomic mass is 16.4. The molecule has 1 atom stereocenters. The van der Waals surface area contributed by atoms with Crippen LogP contribution in [0.4, 0.5) is 0 Å². The molecular weight excluding hydrogens is 204 g/mol. The molecule has 1 N–H and O–H groups in total. The molecule has 3 heteroatoms. The van der Waals surface area contributed by atoms with Gasteiger partial charge in [0.2, 0.25) is 0 Å². The molecule has 0 aliphatic heterocycles. The van der Waals surface area contributed by atoms with E-state index in [9.17, 15) is 9.59 Å². The lowest BCUT2D eigenvalue weighted by Gasteiger charge is -2.39. The van der Waals surface area contributed by atoms with Crippen molar-refractivity contribution in [3.05, 3.63) is 23.8 Å². The molecular formula is C13H16O3. The van der Waals surface area contributed by atoms with Crippen LogP contribution in [0, 0.1) is 5.41 Å². The molecule has 0 fully saturated rings. The number of carboxylic acids is 1. The molecule has 0 heterocycles. The van der Waals surface area contributed by atoms with Gasteiger partial charge in [-0.25, -0.2) is 0 Å². The van der Waals surface area contributed by atoms with Gasteiger partial charge in [0.15, 0.2) is 5.78 Å². The Morgan fingerprint density at radius 1 is 1.44 bits per heavy atom. The fraction of sp³-hybridized carbons (Fsp3) is 0.538. The highest BCUT2D eigenvalue weighted by molar-refractivity contribution is 5.92. The molecule has 0 aromatic rings. The van der Waals surface area contributed by atoms with Crippen LogP contribution in [0.5, 0.6) is 0 Å². The van der Waals surface area contributed by atoms with Crippen LogP contribution in [0.15, 0.2) is 23.8 Å². The van der Waals surface area contributed by atoms with E-state index in [4.69, 9.17) is 5.11 Å². The largest absolute Gasteiger partial charge is 0.481 e. The maximum atomic E-state index is 11.4. The van der Waals surface area contributed by atoms with Gasteiger partial charge in [0, 0.05) is 12.8 Å². The number of aliphatic carboxylic acids is 1. The third kappa shape index (κ3) is 2.08. The minimum absolute atomic E-state index is 0.0406. The average Bonchev–Trinajstić information content (AvgIpc) is 2.27. The first-order valence-electron chi connectivity index (χ1n) is 5.76. The summed E-state index contributed by atoms with van der Waals surface area (Å²) in [5.74, 6) is -0.576. The van der Waals surface area contributed by atoms with Crippen molar-refractivity contribution in [1.82, 2.24) is 0 Å². The zero-order valence-corrected chi connectivity index (χ0v) is 9.24. The molecule has 0 amide bonds.